The molecule has 0 aromatic heterocycles. The second kappa shape index (κ2) is 22.9. The minimum absolute atomic E-state index is 0.167. The van der Waals surface area contributed by atoms with Crippen molar-refractivity contribution in [2.45, 2.75) is 38.5 Å². The Bertz CT molecular complexity index is 4770. The van der Waals surface area contributed by atoms with Crippen LogP contribution in [0.1, 0.15) is 72.2 Å². The lowest BCUT2D eigenvalue weighted by atomic mass is 9.79. The molecule has 92 heavy (non-hydrogen) atoms. The predicted octanol–water partition coefficient (Wildman–Crippen LogP) is 24.9. The van der Waals surface area contributed by atoms with Crippen molar-refractivity contribution in [2.24, 2.45) is 0 Å². The molecule has 0 heterocycles. The third-order valence-electron chi connectivity index (χ3n) is 19.4. The van der Waals surface area contributed by atoms with Gasteiger partial charge in [-0.2, -0.15) is 0 Å². The van der Waals surface area contributed by atoms with Crippen LogP contribution in [-0.2, 0) is 10.8 Å². The van der Waals surface area contributed by atoms with E-state index in [1.54, 1.807) is 0 Å². The SMILES string of the molecule is CC1(C)c2cc(-c3ccc(/C=C/c4ccc5cc(N(c6ccccc6)c6ccccc6)ccc5c4)cc3)ccc2-c2ccc(-c3ccc4c(c3)C(C)(C)c3cc(-c5ccc(/C=C/c6ccc7cc(N(c8ccccc8)c8ccccc8)ccc7c6)cc5)ccc3-4)cc21. The van der Waals surface area contributed by atoms with Crippen LogP contribution < -0.4 is 9.80 Å². The van der Waals surface area contributed by atoms with Gasteiger partial charge in [-0.05, 0) is 231 Å². The summed E-state index contributed by atoms with van der Waals surface area (Å²) in [5.41, 5.74) is 29.4. The monoisotopic (exact) mass is 1180 g/mol. The molecule has 0 unspecified atom stereocenters. The highest BCUT2D eigenvalue weighted by molar-refractivity contribution is 5.94. The van der Waals surface area contributed by atoms with Crippen molar-refractivity contribution < 1.29 is 0 Å². The van der Waals surface area contributed by atoms with Crippen molar-refractivity contribution >= 4 is 80.0 Å². The number of rotatable bonds is 13. The number of hydrogen-bond donors (Lipinski definition) is 0. The molecule has 0 aliphatic heterocycles. The third kappa shape index (κ3) is 10.3. The molecule has 0 amide bonds. The van der Waals surface area contributed by atoms with E-state index in [2.05, 4.69) is 377 Å². The Labute approximate surface area is 540 Å². The van der Waals surface area contributed by atoms with Gasteiger partial charge in [0, 0.05) is 45.0 Å². The standard InChI is InChI=1S/C90H68N2/c1-89(2)85-57-71(65-35-29-61(30-36-65)25-27-63-33-39-69-55-79(47-41-67(69)53-63)91(75-17-9-5-10-18-75)76-19-11-6-12-20-76)43-49-81(85)83-51-45-73(59-87(83)89)74-46-52-84-82-50-44-72(58-86(82)90(3,4)88(84)60-74)66-37-31-62(32-38-66)26-28-64-34-40-70-56-80(48-42-68(70)54-64)92(77-21-13-7-14-22-77)78-23-15-8-16-24-78/h5-60H,1-4H3/b27-25+,28-26+. The Balaban J connectivity index is 0.585. The van der Waals surface area contributed by atoms with E-state index < -0.39 is 0 Å². The zero-order chi connectivity index (χ0) is 61.9. The molecular weight excluding hydrogens is 1110 g/mol. The normalized spacial score (nSPS) is 13.3. The zero-order valence-electron chi connectivity index (χ0n) is 52.2. The van der Waals surface area contributed by atoms with Gasteiger partial charge in [0.2, 0.25) is 0 Å². The molecule has 0 radical (unpaired) electrons. The van der Waals surface area contributed by atoms with Crippen molar-refractivity contribution in [3.05, 3.63) is 360 Å². The first-order valence-electron chi connectivity index (χ1n) is 32.1. The van der Waals surface area contributed by atoms with Crippen LogP contribution in [0, 0.1) is 0 Å². The van der Waals surface area contributed by atoms with Gasteiger partial charge in [-0.1, -0.05) is 258 Å². The summed E-state index contributed by atoms with van der Waals surface area (Å²) in [7, 11) is 0. The van der Waals surface area contributed by atoms with Crippen molar-refractivity contribution in [2.75, 3.05) is 9.80 Å². The summed E-state index contributed by atoms with van der Waals surface area (Å²) in [5, 5.41) is 4.85. The molecule has 0 N–H and O–H groups in total. The smallest absolute Gasteiger partial charge is 0.0468 e. The average molecular weight is 1180 g/mol. The second-order valence-corrected chi connectivity index (χ2v) is 25.8. The fourth-order valence-corrected chi connectivity index (χ4v) is 14.3. The number of hydrogen-bond acceptors (Lipinski definition) is 2. The van der Waals surface area contributed by atoms with E-state index in [0.717, 1.165) is 34.1 Å². The first-order chi connectivity index (χ1) is 45.1. The molecule has 16 rings (SSSR count). The van der Waals surface area contributed by atoms with Crippen molar-refractivity contribution in [1.29, 1.82) is 0 Å². The zero-order valence-corrected chi connectivity index (χ0v) is 52.2. The molecule has 438 valence electrons. The number of fused-ring (bicyclic) bond motifs is 8. The molecule has 14 aromatic rings. The molecule has 2 nitrogen and oxygen atoms in total. The van der Waals surface area contributed by atoms with E-state index in [9.17, 15) is 0 Å². The van der Waals surface area contributed by atoms with Gasteiger partial charge < -0.3 is 9.80 Å². The Morgan fingerprint density at radius 1 is 0.207 bits per heavy atom. The van der Waals surface area contributed by atoms with Gasteiger partial charge in [0.15, 0.2) is 0 Å². The van der Waals surface area contributed by atoms with Crippen LogP contribution in [0.4, 0.5) is 34.1 Å². The van der Waals surface area contributed by atoms with E-state index in [1.165, 1.54) is 122 Å². The first-order valence-corrected chi connectivity index (χ1v) is 32.1. The molecule has 14 aromatic carbocycles. The topological polar surface area (TPSA) is 6.48 Å². The Morgan fingerprint density at radius 3 is 0.772 bits per heavy atom. The van der Waals surface area contributed by atoms with Crippen LogP contribution in [0.5, 0.6) is 0 Å². The van der Waals surface area contributed by atoms with E-state index >= 15 is 0 Å². The summed E-state index contributed by atoms with van der Waals surface area (Å²) in [6.07, 6.45) is 8.88. The first kappa shape index (κ1) is 56.0. The summed E-state index contributed by atoms with van der Waals surface area (Å²) in [6, 6.07) is 116. The molecule has 2 aliphatic carbocycles. The van der Waals surface area contributed by atoms with Gasteiger partial charge in [-0.15, -0.1) is 0 Å². The van der Waals surface area contributed by atoms with Crippen LogP contribution in [0.3, 0.4) is 0 Å². The van der Waals surface area contributed by atoms with E-state index in [-0.39, 0.29) is 10.8 Å². The van der Waals surface area contributed by atoms with Crippen LogP contribution in [-0.4, -0.2) is 0 Å². The van der Waals surface area contributed by atoms with Crippen LogP contribution in [0.2, 0.25) is 0 Å². The second-order valence-electron chi connectivity index (χ2n) is 25.8. The highest BCUT2D eigenvalue weighted by atomic mass is 15.1. The molecule has 0 spiro atoms. The van der Waals surface area contributed by atoms with Gasteiger partial charge in [-0.25, -0.2) is 0 Å². The van der Waals surface area contributed by atoms with Gasteiger partial charge in [0.05, 0.1) is 0 Å². The molecule has 2 heteroatoms. The lowest BCUT2D eigenvalue weighted by Crippen LogP contribution is -2.15. The maximum Gasteiger partial charge on any atom is 0.0468 e. The number of nitrogens with zero attached hydrogens (tertiary/aromatic N) is 2. The fourth-order valence-electron chi connectivity index (χ4n) is 14.3. The molecule has 0 saturated heterocycles. The lowest BCUT2D eigenvalue weighted by molar-refractivity contribution is 0.660. The summed E-state index contributed by atoms with van der Waals surface area (Å²) < 4.78 is 0. The van der Waals surface area contributed by atoms with Gasteiger partial charge in [-0.3, -0.25) is 0 Å². The summed E-state index contributed by atoms with van der Waals surface area (Å²) in [4.78, 5) is 4.63. The van der Waals surface area contributed by atoms with Gasteiger partial charge in [0.1, 0.15) is 0 Å². The summed E-state index contributed by atoms with van der Waals surface area (Å²) >= 11 is 0. The fraction of sp³-hybridized carbons (Fsp3) is 0.0667. The van der Waals surface area contributed by atoms with Crippen LogP contribution in [0.25, 0.3) is 101 Å². The van der Waals surface area contributed by atoms with E-state index in [4.69, 9.17) is 0 Å². The van der Waals surface area contributed by atoms with Crippen molar-refractivity contribution in [3.8, 4) is 55.6 Å². The lowest BCUT2D eigenvalue weighted by Gasteiger charge is -2.25. The Kier molecular flexibility index (Phi) is 13.9. The van der Waals surface area contributed by atoms with E-state index in [0.29, 0.717) is 0 Å². The maximum atomic E-state index is 2.46. The van der Waals surface area contributed by atoms with Crippen LogP contribution >= 0.6 is 0 Å². The van der Waals surface area contributed by atoms with Gasteiger partial charge >= 0.3 is 0 Å². The summed E-state index contributed by atoms with van der Waals surface area (Å²) in [6.45, 7) is 9.58. The minimum atomic E-state index is -0.167. The van der Waals surface area contributed by atoms with Crippen molar-refractivity contribution in [1.82, 2.24) is 0 Å². The quantitative estimate of drug-likeness (QED) is 0.106. The van der Waals surface area contributed by atoms with Crippen molar-refractivity contribution in [3.63, 3.8) is 0 Å². The molecule has 0 bridgehead atoms. The third-order valence-corrected chi connectivity index (χ3v) is 19.4. The maximum absolute atomic E-state index is 2.46. The molecular formula is C90H68N2. The predicted molar refractivity (Wildman–Crippen MR) is 393 cm³/mol. The number of anilines is 6. The molecule has 0 saturated carbocycles. The molecule has 0 fully saturated rings. The van der Waals surface area contributed by atoms with Gasteiger partial charge in [0.25, 0.3) is 0 Å². The summed E-state index contributed by atoms with van der Waals surface area (Å²) in [5.74, 6) is 0. The molecule has 0 atom stereocenters. The molecule has 2 aliphatic rings. The number of para-hydroxylation sites is 4. The Morgan fingerprint density at radius 2 is 0.457 bits per heavy atom. The highest BCUT2D eigenvalue weighted by Gasteiger charge is 2.38. The number of benzene rings is 14. The Hall–Kier alpha value is -11.3. The average Bonchev–Trinajstić information content (AvgIpc) is 1.58. The minimum Gasteiger partial charge on any atom is -0.310 e. The van der Waals surface area contributed by atoms with E-state index in [1.807, 2.05) is 0 Å². The highest BCUT2D eigenvalue weighted by Crippen LogP contribution is 2.53. The largest absolute Gasteiger partial charge is 0.310 e. The van der Waals surface area contributed by atoms with Crippen LogP contribution in [0.15, 0.2) is 315 Å².